The van der Waals surface area contributed by atoms with Crippen molar-refractivity contribution in [3.63, 3.8) is 0 Å². The average molecular weight is 287 g/mol. The summed E-state index contributed by atoms with van der Waals surface area (Å²) in [4.78, 5) is 29.9. The molecule has 5 nitrogen and oxygen atoms in total. The number of benzene rings is 1. The molecule has 1 aliphatic carbocycles. The standard InChI is InChI=1S/C15H14FN3O2/c1-8-6-9(2-5-11(8)16)12-7-13(19-15(21)18-12)14(20)17-10-3-4-10/h2,5-7,10H,3-4H2,1H3,(H,17,20)(H,18,19,21). The van der Waals surface area contributed by atoms with Crippen LogP contribution >= 0.6 is 0 Å². The molecule has 1 amide bonds. The Morgan fingerprint density at radius 3 is 2.81 bits per heavy atom. The molecule has 3 rings (SSSR count). The summed E-state index contributed by atoms with van der Waals surface area (Å²) in [5, 5.41) is 2.80. The number of carbonyl (C=O) groups excluding carboxylic acids is 1. The molecule has 2 aromatic rings. The number of hydrogen-bond donors (Lipinski definition) is 2. The topological polar surface area (TPSA) is 74.8 Å². The monoisotopic (exact) mass is 287 g/mol. The molecule has 0 bridgehead atoms. The maximum Gasteiger partial charge on any atom is 0.346 e. The molecule has 0 spiro atoms. The number of aromatic nitrogens is 2. The van der Waals surface area contributed by atoms with Crippen molar-refractivity contribution in [3.8, 4) is 11.3 Å². The highest BCUT2D eigenvalue weighted by molar-refractivity contribution is 5.93. The van der Waals surface area contributed by atoms with Crippen molar-refractivity contribution in [2.24, 2.45) is 0 Å². The molecule has 6 heteroatoms. The summed E-state index contributed by atoms with van der Waals surface area (Å²) in [6.07, 6.45) is 1.93. The molecule has 0 saturated heterocycles. The highest BCUT2D eigenvalue weighted by atomic mass is 19.1. The molecule has 1 aliphatic rings. The van der Waals surface area contributed by atoms with Crippen molar-refractivity contribution in [1.29, 1.82) is 0 Å². The predicted octanol–water partition coefficient (Wildman–Crippen LogP) is 1.78. The van der Waals surface area contributed by atoms with Gasteiger partial charge in [0.15, 0.2) is 0 Å². The molecule has 0 atom stereocenters. The van der Waals surface area contributed by atoms with E-state index in [-0.39, 0.29) is 23.5 Å². The Morgan fingerprint density at radius 2 is 2.14 bits per heavy atom. The van der Waals surface area contributed by atoms with Crippen LogP contribution in [0.15, 0.2) is 29.1 Å². The molecule has 0 unspecified atom stereocenters. The van der Waals surface area contributed by atoms with Gasteiger partial charge in [0, 0.05) is 11.6 Å². The Bertz CT molecular complexity index is 766. The van der Waals surface area contributed by atoms with E-state index in [1.807, 2.05) is 0 Å². The molecular formula is C15H14FN3O2. The van der Waals surface area contributed by atoms with Crippen LogP contribution in [0.2, 0.25) is 0 Å². The Balaban J connectivity index is 1.98. The van der Waals surface area contributed by atoms with Gasteiger partial charge in [0.1, 0.15) is 11.5 Å². The normalized spacial score (nSPS) is 14.0. The van der Waals surface area contributed by atoms with Gasteiger partial charge in [-0.1, -0.05) is 0 Å². The van der Waals surface area contributed by atoms with Crippen molar-refractivity contribution in [3.05, 3.63) is 51.8 Å². The molecule has 21 heavy (non-hydrogen) atoms. The van der Waals surface area contributed by atoms with Gasteiger partial charge < -0.3 is 10.3 Å². The lowest BCUT2D eigenvalue weighted by atomic mass is 10.1. The number of halogens is 1. The number of nitrogens with one attached hydrogen (secondary N) is 2. The molecule has 108 valence electrons. The van der Waals surface area contributed by atoms with Crippen LogP contribution < -0.4 is 11.0 Å². The zero-order valence-corrected chi connectivity index (χ0v) is 11.4. The Hall–Kier alpha value is -2.50. The quantitative estimate of drug-likeness (QED) is 0.903. The van der Waals surface area contributed by atoms with Gasteiger partial charge in [-0.05, 0) is 49.6 Å². The number of H-pyrrole nitrogens is 1. The number of amides is 1. The Kier molecular flexibility index (Phi) is 3.29. The molecule has 0 radical (unpaired) electrons. The molecule has 0 aliphatic heterocycles. The van der Waals surface area contributed by atoms with Gasteiger partial charge in [0.25, 0.3) is 5.91 Å². The summed E-state index contributed by atoms with van der Waals surface area (Å²) in [6.45, 7) is 1.63. The van der Waals surface area contributed by atoms with Crippen LogP contribution in [0.4, 0.5) is 4.39 Å². The second-order valence-electron chi connectivity index (χ2n) is 5.20. The molecular weight excluding hydrogens is 273 g/mol. The van der Waals surface area contributed by atoms with Gasteiger partial charge >= 0.3 is 5.69 Å². The first-order chi connectivity index (χ1) is 10.0. The summed E-state index contributed by atoms with van der Waals surface area (Å²) >= 11 is 0. The minimum absolute atomic E-state index is 0.166. The van der Waals surface area contributed by atoms with E-state index in [1.165, 1.54) is 18.2 Å². The highest BCUT2D eigenvalue weighted by Crippen LogP contribution is 2.21. The van der Waals surface area contributed by atoms with Crippen molar-refractivity contribution in [2.45, 2.75) is 25.8 Å². The van der Waals surface area contributed by atoms with Crippen LogP contribution in [-0.4, -0.2) is 21.9 Å². The predicted molar refractivity (Wildman–Crippen MR) is 75.5 cm³/mol. The van der Waals surface area contributed by atoms with Crippen molar-refractivity contribution < 1.29 is 9.18 Å². The zero-order chi connectivity index (χ0) is 15.0. The fourth-order valence-electron chi connectivity index (χ4n) is 2.02. The second-order valence-corrected chi connectivity index (χ2v) is 5.20. The van der Waals surface area contributed by atoms with Crippen molar-refractivity contribution in [2.75, 3.05) is 0 Å². The lowest BCUT2D eigenvalue weighted by molar-refractivity contribution is 0.0945. The minimum atomic E-state index is -0.601. The van der Waals surface area contributed by atoms with Crippen LogP contribution in [0.3, 0.4) is 0 Å². The van der Waals surface area contributed by atoms with Gasteiger partial charge in [-0.25, -0.2) is 9.18 Å². The van der Waals surface area contributed by atoms with Gasteiger partial charge in [0.05, 0.1) is 5.69 Å². The van der Waals surface area contributed by atoms with Crippen LogP contribution in [0.25, 0.3) is 11.3 Å². The van der Waals surface area contributed by atoms with Gasteiger partial charge in [-0.2, -0.15) is 4.98 Å². The Labute approximate surface area is 120 Å². The summed E-state index contributed by atoms with van der Waals surface area (Å²) in [5.41, 5.74) is 0.969. The van der Waals surface area contributed by atoms with Gasteiger partial charge in [-0.3, -0.25) is 4.79 Å². The van der Waals surface area contributed by atoms with Gasteiger partial charge in [-0.15, -0.1) is 0 Å². The molecule has 1 heterocycles. The number of rotatable bonds is 3. The third kappa shape index (κ3) is 2.99. The minimum Gasteiger partial charge on any atom is -0.348 e. The lowest BCUT2D eigenvalue weighted by Crippen LogP contribution is -2.28. The third-order valence-electron chi connectivity index (χ3n) is 3.36. The van der Waals surface area contributed by atoms with E-state index in [0.717, 1.165) is 12.8 Å². The maximum atomic E-state index is 13.3. The maximum absolute atomic E-state index is 13.3. The largest absolute Gasteiger partial charge is 0.348 e. The average Bonchev–Trinajstić information content (AvgIpc) is 3.25. The van der Waals surface area contributed by atoms with Crippen LogP contribution in [-0.2, 0) is 0 Å². The summed E-state index contributed by atoms with van der Waals surface area (Å²) in [7, 11) is 0. The molecule has 1 aromatic carbocycles. The number of nitrogens with zero attached hydrogens (tertiary/aromatic N) is 1. The Morgan fingerprint density at radius 1 is 1.38 bits per heavy atom. The summed E-state index contributed by atoms with van der Waals surface area (Å²) in [5.74, 6) is -0.646. The number of hydrogen-bond acceptors (Lipinski definition) is 3. The van der Waals surface area contributed by atoms with E-state index in [1.54, 1.807) is 13.0 Å². The van der Waals surface area contributed by atoms with Crippen LogP contribution in [0.5, 0.6) is 0 Å². The van der Waals surface area contributed by atoms with Crippen molar-refractivity contribution in [1.82, 2.24) is 15.3 Å². The van der Waals surface area contributed by atoms with E-state index in [2.05, 4.69) is 15.3 Å². The fraction of sp³-hybridized carbons (Fsp3) is 0.267. The first kappa shape index (κ1) is 13.5. The molecule has 1 saturated carbocycles. The second kappa shape index (κ2) is 5.12. The van der Waals surface area contributed by atoms with E-state index < -0.39 is 5.69 Å². The molecule has 1 aromatic heterocycles. The SMILES string of the molecule is Cc1cc(-c2cc(C(=O)NC3CC3)[nH]c(=O)n2)ccc1F. The van der Waals surface area contributed by atoms with Gasteiger partial charge in [0.2, 0.25) is 0 Å². The first-order valence-electron chi connectivity index (χ1n) is 6.71. The molecule has 2 N–H and O–H groups in total. The van der Waals surface area contributed by atoms with E-state index in [4.69, 9.17) is 0 Å². The smallest absolute Gasteiger partial charge is 0.346 e. The first-order valence-corrected chi connectivity index (χ1v) is 6.71. The summed E-state index contributed by atoms with van der Waals surface area (Å²) < 4.78 is 13.3. The van der Waals surface area contributed by atoms with Crippen LogP contribution in [0.1, 0.15) is 28.9 Å². The highest BCUT2D eigenvalue weighted by Gasteiger charge is 2.24. The molecule has 1 fully saturated rings. The zero-order valence-electron chi connectivity index (χ0n) is 11.4. The number of aromatic amines is 1. The number of aryl methyl sites for hydroxylation is 1. The lowest BCUT2D eigenvalue weighted by Gasteiger charge is -2.06. The van der Waals surface area contributed by atoms with Crippen LogP contribution in [0, 0.1) is 12.7 Å². The van der Waals surface area contributed by atoms with Crippen molar-refractivity contribution >= 4 is 5.91 Å². The van der Waals surface area contributed by atoms with E-state index >= 15 is 0 Å². The third-order valence-corrected chi connectivity index (χ3v) is 3.36. The number of carbonyl (C=O) groups is 1. The fourth-order valence-corrected chi connectivity index (χ4v) is 2.02. The summed E-state index contributed by atoms with van der Waals surface area (Å²) in [6, 6.07) is 6.15. The van der Waals surface area contributed by atoms with E-state index in [0.29, 0.717) is 16.8 Å². The van der Waals surface area contributed by atoms with E-state index in [9.17, 15) is 14.0 Å².